The zero-order chi connectivity index (χ0) is 13.2. The quantitative estimate of drug-likeness (QED) is 0.843. The van der Waals surface area contributed by atoms with Crippen LogP contribution in [0.25, 0.3) is 0 Å². The van der Waals surface area contributed by atoms with Crippen LogP contribution >= 0.6 is 28.7 Å². The van der Waals surface area contributed by atoms with E-state index >= 15 is 0 Å². The van der Waals surface area contributed by atoms with Crippen molar-refractivity contribution < 1.29 is 9.47 Å². The van der Waals surface area contributed by atoms with E-state index in [9.17, 15) is 0 Å². The summed E-state index contributed by atoms with van der Waals surface area (Å²) >= 11 is 1.61. The maximum absolute atomic E-state index is 5.30. The molecule has 1 aromatic heterocycles. The number of methoxy groups -OCH3 is 2. The van der Waals surface area contributed by atoms with Crippen LogP contribution in [0.4, 0.5) is 0 Å². The fourth-order valence-corrected chi connectivity index (χ4v) is 2.65. The van der Waals surface area contributed by atoms with Crippen LogP contribution in [0.15, 0.2) is 34.8 Å². The van der Waals surface area contributed by atoms with Crippen molar-refractivity contribution in [2.45, 2.75) is 5.16 Å². The lowest BCUT2D eigenvalue weighted by molar-refractivity contribution is 0.355. The molecule has 0 unspecified atom stereocenters. The molecule has 0 atom stereocenters. The summed E-state index contributed by atoms with van der Waals surface area (Å²) in [6.45, 7) is 0. The van der Waals surface area contributed by atoms with Crippen LogP contribution in [0, 0.1) is 0 Å². The standard InChI is InChI=1S/C12H12N4O2S.BrH/c1-17-10-4-3-8(5-11(10)18-2)9-6-19-12-14-13-7-16(12)15-9;/h3-5,7H,6H2,1-2H3;1H. The van der Waals surface area contributed by atoms with Crippen molar-refractivity contribution in [3.63, 3.8) is 0 Å². The maximum atomic E-state index is 5.30. The zero-order valence-corrected chi connectivity index (χ0v) is 13.5. The highest BCUT2D eigenvalue weighted by molar-refractivity contribution is 8.93. The Bertz CT molecular complexity index is 644. The van der Waals surface area contributed by atoms with Gasteiger partial charge in [0, 0.05) is 11.3 Å². The molecular weight excluding hydrogens is 344 g/mol. The van der Waals surface area contributed by atoms with Crippen molar-refractivity contribution in [3.05, 3.63) is 30.1 Å². The zero-order valence-electron chi connectivity index (χ0n) is 10.9. The molecular formula is C12H13BrN4O2S. The smallest absolute Gasteiger partial charge is 0.212 e. The van der Waals surface area contributed by atoms with E-state index in [1.54, 1.807) is 37.0 Å². The minimum atomic E-state index is 0. The second-order valence-electron chi connectivity index (χ2n) is 3.86. The summed E-state index contributed by atoms with van der Waals surface area (Å²) in [7, 11) is 3.24. The Morgan fingerprint density at radius 2 is 2.00 bits per heavy atom. The first-order valence-electron chi connectivity index (χ1n) is 5.65. The van der Waals surface area contributed by atoms with Gasteiger partial charge >= 0.3 is 0 Å². The molecule has 2 heterocycles. The van der Waals surface area contributed by atoms with Gasteiger partial charge in [-0.25, -0.2) is 0 Å². The summed E-state index contributed by atoms with van der Waals surface area (Å²) in [6, 6.07) is 5.77. The molecule has 0 radical (unpaired) electrons. The Kier molecular flexibility index (Phi) is 4.66. The highest BCUT2D eigenvalue weighted by Crippen LogP contribution is 2.29. The molecule has 6 nitrogen and oxygen atoms in total. The van der Waals surface area contributed by atoms with Crippen molar-refractivity contribution in [2.24, 2.45) is 5.10 Å². The summed E-state index contributed by atoms with van der Waals surface area (Å²) in [5, 5.41) is 13.1. The highest BCUT2D eigenvalue weighted by Gasteiger charge is 2.16. The van der Waals surface area contributed by atoms with Crippen molar-refractivity contribution in [1.82, 2.24) is 14.9 Å². The van der Waals surface area contributed by atoms with Gasteiger partial charge in [0.15, 0.2) is 11.5 Å². The van der Waals surface area contributed by atoms with Crippen LogP contribution in [0.3, 0.4) is 0 Å². The second-order valence-corrected chi connectivity index (χ2v) is 4.81. The molecule has 1 aromatic carbocycles. The summed E-state index contributed by atoms with van der Waals surface area (Å²) in [6.07, 6.45) is 1.60. The van der Waals surface area contributed by atoms with Gasteiger partial charge in [0.1, 0.15) is 6.33 Å². The highest BCUT2D eigenvalue weighted by atomic mass is 79.9. The molecule has 3 rings (SSSR count). The fourth-order valence-electron chi connectivity index (χ4n) is 1.83. The molecule has 2 aromatic rings. The van der Waals surface area contributed by atoms with Crippen LogP contribution in [0.2, 0.25) is 0 Å². The van der Waals surface area contributed by atoms with Gasteiger partial charge in [0.25, 0.3) is 0 Å². The lowest BCUT2D eigenvalue weighted by atomic mass is 10.1. The topological polar surface area (TPSA) is 61.5 Å². The fraction of sp³-hybridized carbons (Fsp3) is 0.250. The normalized spacial score (nSPS) is 13.0. The molecule has 0 spiro atoms. The van der Waals surface area contributed by atoms with Gasteiger partial charge in [-0.15, -0.1) is 27.2 Å². The average molecular weight is 357 g/mol. The Hall–Kier alpha value is -1.54. The first-order valence-corrected chi connectivity index (χ1v) is 6.63. The summed E-state index contributed by atoms with van der Waals surface area (Å²) in [5.74, 6) is 2.16. The molecule has 0 N–H and O–H groups in total. The second kappa shape index (κ2) is 6.27. The third-order valence-corrected chi connectivity index (χ3v) is 3.73. The monoisotopic (exact) mass is 356 g/mol. The Morgan fingerprint density at radius 1 is 1.20 bits per heavy atom. The van der Waals surface area contributed by atoms with Gasteiger partial charge in [0.05, 0.1) is 19.9 Å². The lowest BCUT2D eigenvalue weighted by Gasteiger charge is -2.14. The van der Waals surface area contributed by atoms with Gasteiger partial charge in [0.2, 0.25) is 5.16 Å². The molecule has 0 amide bonds. The molecule has 1 aliphatic rings. The van der Waals surface area contributed by atoms with Crippen LogP contribution in [0.1, 0.15) is 5.56 Å². The van der Waals surface area contributed by atoms with E-state index in [2.05, 4.69) is 15.3 Å². The molecule has 8 heteroatoms. The van der Waals surface area contributed by atoms with Gasteiger partial charge in [-0.3, -0.25) is 0 Å². The average Bonchev–Trinajstić information content (AvgIpc) is 2.93. The number of ether oxygens (including phenoxy) is 2. The predicted octanol–water partition coefficient (Wildman–Crippen LogP) is 2.23. The molecule has 0 saturated heterocycles. The largest absolute Gasteiger partial charge is 0.493 e. The lowest BCUT2D eigenvalue weighted by Crippen LogP contribution is -2.13. The van der Waals surface area contributed by atoms with E-state index in [1.165, 1.54) is 0 Å². The molecule has 0 bridgehead atoms. The summed E-state index contributed by atoms with van der Waals surface area (Å²) < 4.78 is 12.2. The molecule has 0 aliphatic carbocycles. The van der Waals surface area contributed by atoms with Crippen LogP contribution in [-0.2, 0) is 0 Å². The van der Waals surface area contributed by atoms with E-state index in [1.807, 2.05) is 18.2 Å². The number of halogens is 1. The summed E-state index contributed by atoms with van der Waals surface area (Å²) in [5.41, 5.74) is 1.96. The maximum Gasteiger partial charge on any atom is 0.212 e. The van der Waals surface area contributed by atoms with Crippen LogP contribution in [-0.4, -0.2) is 40.6 Å². The van der Waals surface area contributed by atoms with Gasteiger partial charge in [-0.05, 0) is 18.2 Å². The van der Waals surface area contributed by atoms with Crippen molar-refractivity contribution in [1.29, 1.82) is 0 Å². The van der Waals surface area contributed by atoms with Crippen LogP contribution in [0.5, 0.6) is 11.5 Å². The molecule has 106 valence electrons. The van der Waals surface area contributed by atoms with Gasteiger partial charge < -0.3 is 9.47 Å². The third-order valence-electron chi connectivity index (χ3n) is 2.78. The SMILES string of the molecule is Br.COc1ccc(C2=Nn3cnnc3SC2)cc1OC. The van der Waals surface area contributed by atoms with E-state index < -0.39 is 0 Å². The number of fused-ring (bicyclic) bond motifs is 1. The number of rotatable bonds is 3. The number of nitrogens with zero attached hydrogens (tertiary/aromatic N) is 4. The van der Waals surface area contributed by atoms with E-state index in [4.69, 9.17) is 9.47 Å². The Labute approximate surface area is 130 Å². The molecule has 1 aliphatic heterocycles. The van der Waals surface area contributed by atoms with Gasteiger partial charge in [-0.1, -0.05) is 11.8 Å². The first-order chi connectivity index (χ1) is 9.31. The van der Waals surface area contributed by atoms with Gasteiger partial charge in [-0.2, -0.15) is 9.78 Å². The Morgan fingerprint density at radius 3 is 2.75 bits per heavy atom. The molecule has 0 fully saturated rings. The number of hydrogen-bond acceptors (Lipinski definition) is 6. The number of aromatic nitrogens is 3. The van der Waals surface area contributed by atoms with E-state index in [0.717, 1.165) is 22.2 Å². The van der Waals surface area contributed by atoms with Crippen molar-refractivity contribution >= 4 is 34.5 Å². The number of thioether (sulfide) groups is 1. The minimum Gasteiger partial charge on any atom is -0.493 e. The third kappa shape index (κ3) is 2.66. The Balaban J connectivity index is 0.00000147. The van der Waals surface area contributed by atoms with Crippen molar-refractivity contribution in [2.75, 3.05) is 20.0 Å². The van der Waals surface area contributed by atoms with Crippen molar-refractivity contribution in [3.8, 4) is 11.5 Å². The number of hydrogen-bond donors (Lipinski definition) is 0. The predicted molar refractivity (Wildman–Crippen MR) is 82.5 cm³/mol. The summed E-state index contributed by atoms with van der Waals surface area (Å²) in [4.78, 5) is 0. The molecule has 20 heavy (non-hydrogen) atoms. The van der Waals surface area contributed by atoms with E-state index in [-0.39, 0.29) is 17.0 Å². The van der Waals surface area contributed by atoms with Crippen LogP contribution < -0.4 is 9.47 Å². The minimum absolute atomic E-state index is 0. The number of benzene rings is 1. The first kappa shape index (κ1) is 14.9. The van der Waals surface area contributed by atoms with E-state index in [0.29, 0.717) is 11.5 Å². The molecule has 0 saturated carbocycles.